The molecule has 1 unspecified atom stereocenters. The van der Waals surface area contributed by atoms with Crippen molar-refractivity contribution in [2.45, 2.75) is 13.0 Å². The van der Waals surface area contributed by atoms with Gasteiger partial charge >= 0.3 is 0 Å². The van der Waals surface area contributed by atoms with Crippen LogP contribution in [-0.2, 0) is 0 Å². The second-order valence-corrected chi connectivity index (χ2v) is 5.73. The Hall–Kier alpha value is -1.10. The molecule has 0 aliphatic carbocycles. The van der Waals surface area contributed by atoms with Gasteiger partial charge in [0.2, 0.25) is 0 Å². The standard InChI is InChI=1S/C13H14ClFN2S/c1-8-2-5-13(18-8)12(7-16)17-11-6-9(15)3-4-10(11)14/h2-6,12,17H,7,16H2,1H3. The molecule has 1 atom stereocenters. The Bertz CT molecular complexity index is 542. The highest BCUT2D eigenvalue weighted by Crippen LogP contribution is 2.29. The van der Waals surface area contributed by atoms with Gasteiger partial charge in [-0.1, -0.05) is 11.6 Å². The fourth-order valence-electron chi connectivity index (χ4n) is 1.68. The molecule has 0 bridgehead atoms. The predicted molar refractivity (Wildman–Crippen MR) is 75.9 cm³/mol. The van der Waals surface area contributed by atoms with E-state index >= 15 is 0 Å². The number of nitrogens with one attached hydrogen (secondary N) is 1. The lowest BCUT2D eigenvalue weighted by Crippen LogP contribution is -2.19. The molecule has 0 aliphatic heterocycles. The lowest BCUT2D eigenvalue weighted by atomic mass is 10.2. The molecule has 2 rings (SSSR count). The van der Waals surface area contributed by atoms with Gasteiger partial charge in [-0.15, -0.1) is 11.3 Å². The number of hydrogen-bond acceptors (Lipinski definition) is 3. The molecule has 1 aromatic carbocycles. The summed E-state index contributed by atoms with van der Waals surface area (Å²) in [6.07, 6.45) is 0. The number of rotatable bonds is 4. The highest BCUT2D eigenvalue weighted by molar-refractivity contribution is 7.12. The SMILES string of the molecule is Cc1ccc(C(CN)Nc2cc(F)ccc2Cl)s1. The molecule has 0 aliphatic rings. The van der Waals surface area contributed by atoms with Crippen molar-refractivity contribution in [3.63, 3.8) is 0 Å². The molecule has 1 aromatic heterocycles. The van der Waals surface area contributed by atoms with Crippen molar-refractivity contribution in [3.05, 3.63) is 50.9 Å². The van der Waals surface area contributed by atoms with Crippen molar-refractivity contribution in [2.75, 3.05) is 11.9 Å². The molecule has 5 heteroatoms. The molecular weight excluding hydrogens is 271 g/mol. The Labute approximate surface area is 115 Å². The summed E-state index contributed by atoms with van der Waals surface area (Å²) in [5.74, 6) is -0.319. The van der Waals surface area contributed by atoms with Crippen LogP contribution in [0.2, 0.25) is 5.02 Å². The van der Waals surface area contributed by atoms with E-state index in [0.29, 0.717) is 17.3 Å². The zero-order valence-electron chi connectivity index (χ0n) is 9.91. The minimum absolute atomic E-state index is 0.0528. The van der Waals surface area contributed by atoms with Gasteiger partial charge in [-0.3, -0.25) is 0 Å². The Morgan fingerprint density at radius 3 is 2.78 bits per heavy atom. The van der Waals surface area contributed by atoms with Crippen LogP contribution in [-0.4, -0.2) is 6.54 Å². The summed E-state index contributed by atoms with van der Waals surface area (Å²) in [6, 6.07) is 8.26. The van der Waals surface area contributed by atoms with E-state index in [1.165, 1.54) is 23.1 Å². The van der Waals surface area contributed by atoms with Crippen LogP contribution in [0.25, 0.3) is 0 Å². The molecule has 18 heavy (non-hydrogen) atoms. The number of hydrogen-bond donors (Lipinski definition) is 2. The first-order valence-corrected chi connectivity index (χ1v) is 6.77. The molecule has 3 N–H and O–H groups in total. The van der Waals surface area contributed by atoms with Crippen molar-refractivity contribution in [1.29, 1.82) is 0 Å². The van der Waals surface area contributed by atoms with Crippen molar-refractivity contribution in [2.24, 2.45) is 5.73 Å². The molecule has 0 fully saturated rings. The zero-order valence-corrected chi connectivity index (χ0v) is 11.5. The molecule has 0 amide bonds. The lowest BCUT2D eigenvalue weighted by molar-refractivity contribution is 0.627. The summed E-state index contributed by atoms with van der Waals surface area (Å²) in [5.41, 5.74) is 6.33. The average Bonchev–Trinajstić information content (AvgIpc) is 2.77. The molecule has 2 aromatic rings. The van der Waals surface area contributed by atoms with Gasteiger partial charge in [0.15, 0.2) is 0 Å². The number of halogens is 2. The van der Waals surface area contributed by atoms with Gasteiger partial charge in [0.25, 0.3) is 0 Å². The summed E-state index contributed by atoms with van der Waals surface area (Å²) in [6.45, 7) is 2.46. The van der Waals surface area contributed by atoms with Crippen LogP contribution in [0.1, 0.15) is 15.8 Å². The topological polar surface area (TPSA) is 38.0 Å². The first kappa shape index (κ1) is 13.3. The van der Waals surface area contributed by atoms with Crippen molar-refractivity contribution >= 4 is 28.6 Å². The van der Waals surface area contributed by atoms with Crippen molar-refractivity contribution in [3.8, 4) is 0 Å². The predicted octanol–water partition coefficient (Wildman–Crippen LogP) is 3.96. The molecule has 0 saturated carbocycles. The van der Waals surface area contributed by atoms with Gasteiger partial charge in [-0.05, 0) is 37.3 Å². The van der Waals surface area contributed by atoms with E-state index in [9.17, 15) is 4.39 Å². The lowest BCUT2D eigenvalue weighted by Gasteiger charge is -2.17. The van der Waals surface area contributed by atoms with E-state index in [0.717, 1.165) is 4.88 Å². The number of benzene rings is 1. The second-order valence-electron chi connectivity index (χ2n) is 4.01. The third kappa shape index (κ3) is 3.02. The fourth-order valence-corrected chi connectivity index (χ4v) is 2.80. The summed E-state index contributed by atoms with van der Waals surface area (Å²) >= 11 is 7.69. The molecule has 0 radical (unpaired) electrons. The van der Waals surface area contributed by atoms with E-state index in [1.807, 2.05) is 19.1 Å². The van der Waals surface area contributed by atoms with Crippen LogP contribution in [0.4, 0.5) is 10.1 Å². The third-order valence-electron chi connectivity index (χ3n) is 2.60. The first-order chi connectivity index (χ1) is 8.60. The minimum Gasteiger partial charge on any atom is -0.375 e. The largest absolute Gasteiger partial charge is 0.375 e. The molecule has 2 nitrogen and oxygen atoms in total. The Kier molecular flexibility index (Phi) is 4.22. The Morgan fingerprint density at radius 2 is 2.17 bits per heavy atom. The number of thiophene rings is 1. The summed E-state index contributed by atoms with van der Waals surface area (Å²) in [5, 5.41) is 3.67. The van der Waals surface area contributed by atoms with Crippen LogP contribution in [0.15, 0.2) is 30.3 Å². The van der Waals surface area contributed by atoms with E-state index in [1.54, 1.807) is 11.3 Å². The number of anilines is 1. The third-order valence-corrected chi connectivity index (χ3v) is 4.04. The molecule has 0 saturated heterocycles. The van der Waals surface area contributed by atoms with Crippen LogP contribution >= 0.6 is 22.9 Å². The fraction of sp³-hybridized carbons (Fsp3) is 0.231. The summed E-state index contributed by atoms with van der Waals surface area (Å²) in [4.78, 5) is 2.34. The summed E-state index contributed by atoms with van der Waals surface area (Å²) in [7, 11) is 0. The molecule has 0 spiro atoms. The van der Waals surface area contributed by atoms with E-state index in [-0.39, 0.29) is 11.9 Å². The smallest absolute Gasteiger partial charge is 0.125 e. The van der Waals surface area contributed by atoms with Crippen LogP contribution in [0.5, 0.6) is 0 Å². The van der Waals surface area contributed by atoms with Crippen LogP contribution in [0, 0.1) is 12.7 Å². The van der Waals surface area contributed by atoms with Crippen LogP contribution in [0.3, 0.4) is 0 Å². The van der Waals surface area contributed by atoms with Gasteiger partial charge in [0.1, 0.15) is 5.82 Å². The second kappa shape index (κ2) is 5.69. The van der Waals surface area contributed by atoms with Gasteiger partial charge in [-0.2, -0.15) is 0 Å². The Morgan fingerprint density at radius 1 is 1.39 bits per heavy atom. The molecular formula is C13H14ClFN2S. The summed E-state index contributed by atoms with van der Waals surface area (Å²) < 4.78 is 13.2. The van der Waals surface area contributed by atoms with Gasteiger partial charge in [-0.25, -0.2) is 4.39 Å². The van der Waals surface area contributed by atoms with Gasteiger partial charge in [0.05, 0.1) is 16.8 Å². The minimum atomic E-state index is -0.319. The maximum atomic E-state index is 13.2. The van der Waals surface area contributed by atoms with Crippen molar-refractivity contribution in [1.82, 2.24) is 0 Å². The maximum Gasteiger partial charge on any atom is 0.125 e. The normalized spacial score (nSPS) is 12.4. The van der Waals surface area contributed by atoms with Gasteiger partial charge in [0, 0.05) is 16.3 Å². The molecule has 96 valence electrons. The average molecular weight is 285 g/mol. The highest BCUT2D eigenvalue weighted by atomic mass is 35.5. The number of aryl methyl sites for hydroxylation is 1. The quantitative estimate of drug-likeness (QED) is 0.892. The van der Waals surface area contributed by atoms with E-state index < -0.39 is 0 Å². The van der Waals surface area contributed by atoms with E-state index in [2.05, 4.69) is 5.32 Å². The van der Waals surface area contributed by atoms with Gasteiger partial charge < -0.3 is 11.1 Å². The Balaban J connectivity index is 2.22. The highest BCUT2D eigenvalue weighted by Gasteiger charge is 2.13. The van der Waals surface area contributed by atoms with Crippen LogP contribution < -0.4 is 11.1 Å². The number of nitrogens with two attached hydrogens (primary N) is 1. The van der Waals surface area contributed by atoms with Crippen molar-refractivity contribution < 1.29 is 4.39 Å². The first-order valence-electron chi connectivity index (χ1n) is 5.58. The zero-order chi connectivity index (χ0) is 13.1. The maximum absolute atomic E-state index is 13.2. The monoisotopic (exact) mass is 284 g/mol. The molecule has 1 heterocycles. The van der Waals surface area contributed by atoms with E-state index in [4.69, 9.17) is 17.3 Å².